The summed E-state index contributed by atoms with van der Waals surface area (Å²) in [6, 6.07) is 22.3. The van der Waals surface area contributed by atoms with Gasteiger partial charge in [-0.2, -0.15) is 5.21 Å². The van der Waals surface area contributed by atoms with Crippen molar-refractivity contribution in [2.75, 3.05) is 51.3 Å². The molecule has 3 aromatic carbocycles. The van der Waals surface area contributed by atoms with Crippen LogP contribution in [0.15, 0.2) is 72.8 Å². The number of hydrogen-bond donors (Lipinski definition) is 5. The van der Waals surface area contributed by atoms with E-state index in [-0.39, 0.29) is 23.7 Å². The first-order valence-electron chi connectivity index (χ1n) is 17.4. The Bertz CT molecular complexity index is 1720. The second-order valence-electron chi connectivity index (χ2n) is 13.0. The number of carboxylic acid groups (broad SMARTS) is 1. The molecule has 0 unspecified atom stereocenters. The summed E-state index contributed by atoms with van der Waals surface area (Å²) in [5, 5.41) is 31.4. The van der Waals surface area contributed by atoms with Gasteiger partial charge in [0.05, 0.1) is 13.2 Å². The minimum Gasteiger partial charge on any atom is -0.492 e. The van der Waals surface area contributed by atoms with Crippen molar-refractivity contribution in [2.45, 2.75) is 38.1 Å². The van der Waals surface area contributed by atoms with E-state index in [0.29, 0.717) is 43.9 Å². The van der Waals surface area contributed by atoms with Crippen LogP contribution in [0.3, 0.4) is 0 Å². The van der Waals surface area contributed by atoms with E-state index in [9.17, 15) is 14.4 Å². The van der Waals surface area contributed by atoms with Crippen molar-refractivity contribution in [3.05, 3.63) is 78.4 Å². The Morgan fingerprint density at radius 3 is 2.39 bits per heavy atom. The topological polar surface area (TPSA) is 184 Å². The highest BCUT2D eigenvalue weighted by molar-refractivity contribution is 5.97. The first kappa shape index (κ1) is 35.5. The van der Waals surface area contributed by atoms with E-state index in [1.807, 2.05) is 48.5 Å². The van der Waals surface area contributed by atoms with E-state index in [1.54, 1.807) is 24.3 Å². The highest BCUT2D eigenvalue weighted by Gasteiger charge is 2.30. The van der Waals surface area contributed by atoms with Gasteiger partial charge in [-0.3, -0.25) is 14.5 Å². The Balaban J connectivity index is 1.10. The van der Waals surface area contributed by atoms with Crippen LogP contribution in [0.25, 0.3) is 22.5 Å². The molecule has 1 aromatic heterocycles. The maximum absolute atomic E-state index is 13.7. The number of nitrogens with zero attached hydrogens (tertiary/aromatic N) is 4. The second kappa shape index (κ2) is 17.5. The van der Waals surface area contributed by atoms with Gasteiger partial charge in [-0.25, -0.2) is 4.79 Å². The molecule has 6 rings (SSSR count). The third-order valence-corrected chi connectivity index (χ3v) is 9.49. The zero-order valence-corrected chi connectivity index (χ0v) is 28.4. The maximum atomic E-state index is 13.7. The lowest BCUT2D eigenvalue weighted by atomic mass is 9.81. The van der Waals surface area contributed by atoms with Crippen LogP contribution in [0.1, 0.15) is 31.2 Å². The molecule has 4 aromatic rings. The van der Waals surface area contributed by atoms with Gasteiger partial charge in [-0.1, -0.05) is 36.4 Å². The zero-order chi connectivity index (χ0) is 35.4. The Labute approximate surface area is 296 Å². The van der Waals surface area contributed by atoms with Gasteiger partial charge in [-0.15, -0.1) is 10.2 Å². The number of carbonyl (C=O) groups excluding carboxylic acids is 2. The van der Waals surface area contributed by atoms with E-state index >= 15 is 0 Å². The number of amides is 3. The molecule has 1 saturated heterocycles. The van der Waals surface area contributed by atoms with Crippen LogP contribution in [0.4, 0.5) is 10.5 Å². The lowest BCUT2D eigenvalue weighted by molar-refractivity contribution is -0.130. The number of morpholine rings is 1. The number of aromatic nitrogens is 4. The second-order valence-corrected chi connectivity index (χ2v) is 13.0. The van der Waals surface area contributed by atoms with E-state index in [4.69, 9.17) is 14.6 Å². The number of rotatable bonds is 14. The SMILES string of the molecule is O=C(O)NCC1CCC(C(=O)N[C@@H](Cc2ccc(-c3cccc(OCCN4CCOCC4)c3)cc2)C(=O)Nc2ccc(-c3nn[nH]n3)cc2)CC1. The Hall–Kier alpha value is -5.34. The molecule has 3 amide bonds. The van der Waals surface area contributed by atoms with Crippen LogP contribution >= 0.6 is 0 Å². The van der Waals surface area contributed by atoms with E-state index in [1.165, 1.54) is 0 Å². The monoisotopic (exact) mass is 696 g/mol. The fourth-order valence-corrected chi connectivity index (χ4v) is 6.53. The standard InChI is InChI=1S/C37H44N8O6/c46-35(29-10-6-26(7-11-29)24-38-37(48)49)40-33(36(47)39-31-14-12-28(13-15-31)34-41-43-44-42-34)22-25-4-8-27(9-5-25)30-2-1-3-32(23-30)51-21-18-45-16-19-50-20-17-45/h1-5,8-9,12-15,23,26,29,33,38H,6-7,10-11,16-22,24H2,(H,39,47)(H,40,46)(H,48,49)(H,41,42,43,44)/t26?,29?,33-/m0/s1. The quantitative estimate of drug-likeness (QED) is 0.129. The number of nitrogens with one attached hydrogen (secondary N) is 4. The summed E-state index contributed by atoms with van der Waals surface area (Å²) in [6.07, 6.45) is 2.00. The van der Waals surface area contributed by atoms with Crippen LogP contribution in [0.2, 0.25) is 0 Å². The number of hydrogen-bond acceptors (Lipinski definition) is 9. The normalized spacial score (nSPS) is 18.4. The van der Waals surface area contributed by atoms with Crippen LogP contribution in [-0.4, -0.2) is 101 Å². The summed E-state index contributed by atoms with van der Waals surface area (Å²) < 4.78 is 11.5. The van der Waals surface area contributed by atoms with Gasteiger partial charge in [0.2, 0.25) is 17.6 Å². The maximum Gasteiger partial charge on any atom is 0.404 e. The summed E-state index contributed by atoms with van der Waals surface area (Å²) in [5.41, 5.74) is 4.24. The third kappa shape index (κ3) is 10.3. The number of H-pyrrole nitrogens is 1. The number of carbonyl (C=O) groups is 3. The minimum absolute atomic E-state index is 0.172. The van der Waals surface area contributed by atoms with Crippen molar-refractivity contribution in [1.29, 1.82) is 0 Å². The van der Waals surface area contributed by atoms with Gasteiger partial charge < -0.3 is 30.5 Å². The molecule has 2 heterocycles. The number of anilines is 1. The molecule has 1 atom stereocenters. The molecule has 2 fully saturated rings. The Morgan fingerprint density at radius 2 is 1.69 bits per heavy atom. The molecule has 1 aliphatic carbocycles. The predicted molar refractivity (Wildman–Crippen MR) is 190 cm³/mol. The average molecular weight is 697 g/mol. The number of benzene rings is 3. The molecule has 1 saturated carbocycles. The molecule has 1 aliphatic heterocycles. The van der Waals surface area contributed by atoms with Gasteiger partial charge >= 0.3 is 6.09 Å². The van der Waals surface area contributed by atoms with Crippen molar-refractivity contribution in [2.24, 2.45) is 11.8 Å². The van der Waals surface area contributed by atoms with Crippen molar-refractivity contribution in [3.63, 3.8) is 0 Å². The van der Waals surface area contributed by atoms with Crippen molar-refractivity contribution in [3.8, 4) is 28.3 Å². The van der Waals surface area contributed by atoms with Gasteiger partial charge in [-0.05, 0) is 89.9 Å². The van der Waals surface area contributed by atoms with Gasteiger partial charge in [0, 0.05) is 49.8 Å². The molecule has 51 heavy (non-hydrogen) atoms. The summed E-state index contributed by atoms with van der Waals surface area (Å²) >= 11 is 0. The highest BCUT2D eigenvalue weighted by atomic mass is 16.5. The molecule has 5 N–H and O–H groups in total. The molecule has 0 radical (unpaired) electrons. The van der Waals surface area contributed by atoms with Gasteiger partial charge in [0.15, 0.2) is 0 Å². The van der Waals surface area contributed by atoms with Crippen molar-refractivity contribution < 1.29 is 29.0 Å². The van der Waals surface area contributed by atoms with Crippen molar-refractivity contribution in [1.82, 2.24) is 36.2 Å². The highest BCUT2D eigenvalue weighted by Crippen LogP contribution is 2.29. The molecule has 2 aliphatic rings. The molecule has 14 nitrogen and oxygen atoms in total. The van der Waals surface area contributed by atoms with Crippen molar-refractivity contribution >= 4 is 23.6 Å². The summed E-state index contributed by atoms with van der Waals surface area (Å²) in [7, 11) is 0. The molecule has 0 bridgehead atoms. The Morgan fingerprint density at radius 1 is 0.941 bits per heavy atom. The molecular weight excluding hydrogens is 652 g/mol. The lowest BCUT2D eigenvalue weighted by Gasteiger charge is -2.29. The Kier molecular flexibility index (Phi) is 12.2. The average Bonchev–Trinajstić information content (AvgIpc) is 3.70. The molecule has 268 valence electrons. The summed E-state index contributed by atoms with van der Waals surface area (Å²) in [6.45, 7) is 5.20. The third-order valence-electron chi connectivity index (χ3n) is 9.49. The molecular formula is C37H44N8O6. The number of ether oxygens (including phenoxy) is 2. The fourth-order valence-electron chi connectivity index (χ4n) is 6.53. The van der Waals surface area contributed by atoms with Crippen LogP contribution in [0.5, 0.6) is 5.75 Å². The van der Waals surface area contributed by atoms with E-state index in [0.717, 1.165) is 73.7 Å². The fraction of sp³-hybridized carbons (Fsp3) is 0.405. The summed E-state index contributed by atoms with van der Waals surface area (Å²) in [5.74, 6) is 0.692. The first-order valence-corrected chi connectivity index (χ1v) is 17.4. The predicted octanol–water partition coefficient (Wildman–Crippen LogP) is 3.98. The smallest absolute Gasteiger partial charge is 0.404 e. The first-order chi connectivity index (χ1) is 24.9. The van der Waals surface area contributed by atoms with E-state index in [2.05, 4.69) is 41.5 Å². The van der Waals surface area contributed by atoms with Crippen LogP contribution in [0, 0.1) is 11.8 Å². The number of aromatic amines is 1. The molecule has 14 heteroatoms. The van der Waals surface area contributed by atoms with Gasteiger partial charge in [0.1, 0.15) is 18.4 Å². The van der Waals surface area contributed by atoms with Crippen LogP contribution < -0.4 is 20.7 Å². The van der Waals surface area contributed by atoms with Gasteiger partial charge in [0.25, 0.3) is 0 Å². The lowest BCUT2D eigenvalue weighted by Crippen LogP contribution is -2.48. The van der Waals surface area contributed by atoms with E-state index < -0.39 is 12.1 Å². The largest absolute Gasteiger partial charge is 0.492 e. The molecule has 0 spiro atoms. The minimum atomic E-state index is -1.04. The number of tetrazole rings is 1. The zero-order valence-electron chi connectivity index (χ0n) is 28.4. The van der Waals surface area contributed by atoms with Crippen LogP contribution in [-0.2, 0) is 20.7 Å². The summed E-state index contributed by atoms with van der Waals surface area (Å²) in [4.78, 5) is 40.4.